The molecular weight excluding hydrogens is 280 g/mol. The van der Waals surface area contributed by atoms with E-state index in [1.165, 1.54) is 0 Å². The maximum Gasteiger partial charge on any atom is 0.0639 e. The molecule has 1 aromatic carbocycles. The van der Waals surface area contributed by atoms with E-state index in [1.54, 1.807) is 20.8 Å². The van der Waals surface area contributed by atoms with Crippen LogP contribution in [0.1, 0.15) is 37.5 Å². The molecule has 5 N–H and O–H groups in total. The van der Waals surface area contributed by atoms with Crippen molar-refractivity contribution in [3.05, 3.63) is 34.9 Å². The lowest BCUT2D eigenvalue weighted by molar-refractivity contribution is 0.0792. The van der Waals surface area contributed by atoms with Crippen LogP contribution in [-0.4, -0.2) is 51.6 Å². The summed E-state index contributed by atoms with van der Waals surface area (Å²) in [6, 6.07) is 6.05. The van der Waals surface area contributed by atoms with E-state index >= 15 is 0 Å². The molecular formula is C17H30N2O3. The Morgan fingerprint density at radius 2 is 1.55 bits per heavy atom. The summed E-state index contributed by atoms with van der Waals surface area (Å²) in [6.45, 7) is 7.30. The van der Waals surface area contributed by atoms with Gasteiger partial charge in [-0.05, 0) is 43.9 Å². The van der Waals surface area contributed by atoms with Gasteiger partial charge in [-0.25, -0.2) is 0 Å². The lowest BCUT2D eigenvalue weighted by atomic mass is 10.00. The predicted octanol–water partition coefficient (Wildman–Crippen LogP) is 0.632. The van der Waals surface area contributed by atoms with Gasteiger partial charge in [0.25, 0.3) is 0 Å². The van der Waals surface area contributed by atoms with Gasteiger partial charge in [0.15, 0.2) is 0 Å². The molecule has 0 amide bonds. The average molecular weight is 310 g/mol. The van der Waals surface area contributed by atoms with Crippen LogP contribution in [0.3, 0.4) is 0 Å². The van der Waals surface area contributed by atoms with Crippen LogP contribution in [-0.2, 0) is 19.5 Å². The third-order valence-corrected chi connectivity index (χ3v) is 3.46. The highest BCUT2D eigenvalue weighted by atomic mass is 16.3. The fourth-order valence-corrected chi connectivity index (χ4v) is 2.69. The fraction of sp³-hybridized carbons (Fsp3) is 0.647. The number of aliphatic hydroxyl groups is 3. The quantitative estimate of drug-likeness (QED) is 0.537. The zero-order chi connectivity index (χ0) is 16.7. The van der Waals surface area contributed by atoms with E-state index in [0.29, 0.717) is 32.6 Å². The van der Waals surface area contributed by atoms with Crippen molar-refractivity contribution in [3.63, 3.8) is 0 Å². The van der Waals surface area contributed by atoms with Crippen LogP contribution in [0.15, 0.2) is 18.2 Å². The van der Waals surface area contributed by atoms with Crippen LogP contribution in [0.2, 0.25) is 0 Å². The minimum Gasteiger partial charge on any atom is -0.393 e. The lowest BCUT2D eigenvalue weighted by Crippen LogP contribution is -2.36. The molecule has 0 saturated heterocycles. The number of benzene rings is 1. The maximum atomic E-state index is 9.63. The summed E-state index contributed by atoms with van der Waals surface area (Å²) in [6.07, 6.45) is -0.700. The standard InChI is InChI=1S/C17H30N2O3/c1-12(20)6-15-4-5-16(8-18)17(7-15)11-19(9-13(2)21)10-14(3)22/h4-5,7,12-14,20-22H,6,8-11,18H2,1-3H3. The molecule has 0 aliphatic heterocycles. The molecule has 0 aliphatic rings. The smallest absolute Gasteiger partial charge is 0.0639 e. The normalized spacial score (nSPS) is 15.8. The van der Waals surface area contributed by atoms with Gasteiger partial charge >= 0.3 is 0 Å². The Kier molecular flexibility index (Phi) is 8.00. The summed E-state index contributed by atoms with van der Waals surface area (Å²) < 4.78 is 0. The minimum atomic E-state index is -0.458. The summed E-state index contributed by atoms with van der Waals surface area (Å²) in [7, 11) is 0. The summed E-state index contributed by atoms with van der Waals surface area (Å²) in [5.41, 5.74) is 9.02. The maximum absolute atomic E-state index is 9.63. The van der Waals surface area contributed by atoms with Gasteiger partial charge in [0.05, 0.1) is 18.3 Å². The Bertz CT molecular complexity index is 438. The summed E-state index contributed by atoms with van der Waals surface area (Å²) in [5, 5.41) is 28.8. The van der Waals surface area contributed by atoms with Crippen LogP contribution < -0.4 is 5.73 Å². The Morgan fingerprint density at radius 1 is 0.955 bits per heavy atom. The van der Waals surface area contributed by atoms with Gasteiger partial charge in [-0.15, -0.1) is 0 Å². The van der Waals surface area contributed by atoms with Crippen molar-refractivity contribution in [2.24, 2.45) is 5.73 Å². The van der Waals surface area contributed by atoms with Crippen LogP contribution in [0.25, 0.3) is 0 Å². The SMILES string of the molecule is CC(O)Cc1ccc(CN)c(CN(CC(C)O)CC(C)O)c1. The van der Waals surface area contributed by atoms with Gasteiger partial charge in [0.2, 0.25) is 0 Å². The number of nitrogens with zero attached hydrogens (tertiary/aromatic N) is 1. The van der Waals surface area contributed by atoms with Gasteiger partial charge in [-0.2, -0.15) is 0 Å². The first-order valence-corrected chi connectivity index (χ1v) is 7.89. The van der Waals surface area contributed by atoms with E-state index in [1.807, 2.05) is 17.0 Å². The van der Waals surface area contributed by atoms with Crippen molar-refractivity contribution in [2.75, 3.05) is 13.1 Å². The molecule has 0 fully saturated rings. The van der Waals surface area contributed by atoms with Crippen molar-refractivity contribution >= 4 is 0 Å². The van der Waals surface area contributed by atoms with E-state index in [-0.39, 0.29) is 6.10 Å². The Labute approximate surface area is 133 Å². The zero-order valence-corrected chi connectivity index (χ0v) is 13.9. The highest BCUT2D eigenvalue weighted by Crippen LogP contribution is 2.16. The molecule has 5 nitrogen and oxygen atoms in total. The summed E-state index contributed by atoms with van der Waals surface area (Å²) in [4.78, 5) is 2.02. The van der Waals surface area contributed by atoms with Gasteiger partial charge < -0.3 is 21.1 Å². The number of nitrogens with two attached hydrogens (primary N) is 1. The van der Waals surface area contributed by atoms with Crippen molar-refractivity contribution in [2.45, 2.75) is 58.6 Å². The first-order valence-electron chi connectivity index (χ1n) is 7.89. The number of hydrogen-bond donors (Lipinski definition) is 4. The number of rotatable bonds is 9. The highest BCUT2D eigenvalue weighted by Gasteiger charge is 2.14. The molecule has 0 aromatic heterocycles. The van der Waals surface area contributed by atoms with E-state index in [9.17, 15) is 15.3 Å². The number of hydrogen-bond acceptors (Lipinski definition) is 5. The van der Waals surface area contributed by atoms with Gasteiger partial charge in [-0.1, -0.05) is 18.2 Å². The van der Waals surface area contributed by atoms with Crippen molar-refractivity contribution < 1.29 is 15.3 Å². The third-order valence-electron chi connectivity index (χ3n) is 3.46. The Morgan fingerprint density at radius 3 is 2.00 bits per heavy atom. The monoisotopic (exact) mass is 310 g/mol. The lowest BCUT2D eigenvalue weighted by Gasteiger charge is -2.26. The molecule has 1 aromatic rings. The second-order valence-corrected chi connectivity index (χ2v) is 6.25. The van der Waals surface area contributed by atoms with Crippen LogP contribution >= 0.6 is 0 Å². The molecule has 0 saturated carbocycles. The minimum absolute atomic E-state index is 0.386. The summed E-state index contributed by atoms with van der Waals surface area (Å²) in [5.74, 6) is 0. The molecule has 0 spiro atoms. The second-order valence-electron chi connectivity index (χ2n) is 6.25. The second kappa shape index (κ2) is 9.22. The highest BCUT2D eigenvalue weighted by molar-refractivity contribution is 5.32. The van der Waals surface area contributed by atoms with E-state index in [0.717, 1.165) is 16.7 Å². The van der Waals surface area contributed by atoms with Crippen molar-refractivity contribution in [1.82, 2.24) is 4.90 Å². The third kappa shape index (κ3) is 6.85. The molecule has 126 valence electrons. The molecule has 3 unspecified atom stereocenters. The van der Waals surface area contributed by atoms with E-state index in [4.69, 9.17) is 5.73 Å². The molecule has 3 atom stereocenters. The van der Waals surface area contributed by atoms with Crippen LogP contribution in [0, 0.1) is 0 Å². The average Bonchev–Trinajstić information content (AvgIpc) is 2.36. The molecule has 0 aliphatic carbocycles. The molecule has 22 heavy (non-hydrogen) atoms. The van der Waals surface area contributed by atoms with Gasteiger partial charge in [0.1, 0.15) is 0 Å². The molecule has 0 heterocycles. The van der Waals surface area contributed by atoms with Crippen molar-refractivity contribution in [1.29, 1.82) is 0 Å². The predicted molar refractivity (Wildman–Crippen MR) is 88.4 cm³/mol. The first-order chi connectivity index (χ1) is 10.3. The molecule has 5 heteroatoms. The topological polar surface area (TPSA) is 90.0 Å². The largest absolute Gasteiger partial charge is 0.393 e. The Hall–Kier alpha value is -0.980. The molecule has 0 bridgehead atoms. The Balaban J connectivity index is 2.94. The fourth-order valence-electron chi connectivity index (χ4n) is 2.69. The van der Waals surface area contributed by atoms with Crippen LogP contribution in [0.4, 0.5) is 0 Å². The van der Waals surface area contributed by atoms with E-state index in [2.05, 4.69) is 6.07 Å². The zero-order valence-electron chi connectivity index (χ0n) is 13.9. The van der Waals surface area contributed by atoms with Crippen LogP contribution in [0.5, 0.6) is 0 Å². The van der Waals surface area contributed by atoms with Gasteiger partial charge in [-0.3, -0.25) is 4.90 Å². The van der Waals surface area contributed by atoms with Crippen molar-refractivity contribution in [3.8, 4) is 0 Å². The van der Waals surface area contributed by atoms with Gasteiger partial charge in [0, 0.05) is 26.2 Å². The molecule has 1 rings (SSSR count). The van der Waals surface area contributed by atoms with E-state index < -0.39 is 12.2 Å². The molecule has 0 radical (unpaired) electrons. The number of aliphatic hydroxyl groups excluding tert-OH is 3. The summed E-state index contributed by atoms with van der Waals surface area (Å²) >= 11 is 0. The first kappa shape index (κ1) is 19.1.